The van der Waals surface area contributed by atoms with Crippen molar-refractivity contribution in [3.8, 4) is 17.1 Å². The average Bonchev–Trinajstić information content (AvgIpc) is 3.18. The molecule has 0 radical (unpaired) electrons. The van der Waals surface area contributed by atoms with Crippen molar-refractivity contribution >= 4 is 17.3 Å². The van der Waals surface area contributed by atoms with Crippen LogP contribution in [0, 0.1) is 10.1 Å². The number of nitro groups is 1. The number of hydrogen-bond donors (Lipinski definition) is 1. The van der Waals surface area contributed by atoms with Crippen molar-refractivity contribution in [1.82, 2.24) is 0 Å². The van der Waals surface area contributed by atoms with Gasteiger partial charge in [0.25, 0.3) is 11.6 Å². The Morgan fingerprint density at radius 3 is 2.57 bits per heavy atom. The Morgan fingerprint density at radius 2 is 1.89 bits per heavy atom. The monoisotopic (exact) mass is 380 g/mol. The molecule has 0 spiro atoms. The number of furan rings is 1. The summed E-state index contributed by atoms with van der Waals surface area (Å²) in [5.74, 6) is 0.488. The Hall–Kier alpha value is -3.61. The van der Waals surface area contributed by atoms with E-state index in [1.807, 2.05) is 38.1 Å². The predicted octanol–water partition coefficient (Wildman–Crippen LogP) is 5.24. The molecule has 3 rings (SSSR count). The second-order valence-corrected chi connectivity index (χ2v) is 6.50. The van der Waals surface area contributed by atoms with Gasteiger partial charge in [0.15, 0.2) is 5.76 Å². The van der Waals surface area contributed by atoms with Crippen LogP contribution in [-0.4, -0.2) is 17.9 Å². The zero-order chi connectivity index (χ0) is 20.3. The Kier molecular flexibility index (Phi) is 5.44. The van der Waals surface area contributed by atoms with Gasteiger partial charge in [-0.05, 0) is 41.8 Å². The van der Waals surface area contributed by atoms with E-state index < -0.39 is 10.8 Å². The lowest BCUT2D eigenvalue weighted by molar-refractivity contribution is -0.384. The molecule has 28 heavy (non-hydrogen) atoms. The Balaban J connectivity index is 1.89. The SMILES string of the molecule is COc1ccc(-c2ccc(C(=O)Nc3ccccc3C(C)C)o2)c([N+](=O)[O-])c1. The molecule has 0 aliphatic carbocycles. The van der Waals surface area contributed by atoms with Crippen LogP contribution in [-0.2, 0) is 0 Å². The lowest BCUT2D eigenvalue weighted by atomic mass is 10.0. The van der Waals surface area contributed by atoms with Gasteiger partial charge in [0.2, 0.25) is 0 Å². The van der Waals surface area contributed by atoms with E-state index in [-0.39, 0.29) is 28.7 Å². The molecule has 0 bridgehead atoms. The van der Waals surface area contributed by atoms with E-state index in [9.17, 15) is 14.9 Å². The van der Waals surface area contributed by atoms with Gasteiger partial charge in [-0.3, -0.25) is 14.9 Å². The van der Waals surface area contributed by atoms with Crippen LogP contribution in [0.1, 0.15) is 35.9 Å². The van der Waals surface area contributed by atoms with Gasteiger partial charge in [-0.1, -0.05) is 32.0 Å². The third kappa shape index (κ3) is 3.88. The topological polar surface area (TPSA) is 94.6 Å². The zero-order valence-electron chi connectivity index (χ0n) is 15.8. The van der Waals surface area contributed by atoms with Crippen molar-refractivity contribution in [3.63, 3.8) is 0 Å². The number of para-hydroxylation sites is 1. The highest BCUT2D eigenvalue weighted by Gasteiger charge is 2.21. The molecule has 7 heteroatoms. The molecule has 0 aliphatic heterocycles. The quantitative estimate of drug-likeness (QED) is 0.466. The number of anilines is 1. The fourth-order valence-corrected chi connectivity index (χ4v) is 2.90. The van der Waals surface area contributed by atoms with Crippen molar-refractivity contribution < 1.29 is 18.9 Å². The molecule has 0 unspecified atom stereocenters. The lowest BCUT2D eigenvalue weighted by Gasteiger charge is -2.12. The number of methoxy groups -OCH3 is 1. The summed E-state index contributed by atoms with van der Waals surface area (Å²) in [7, 11) is 1.43. The number of carbonyl (C=O) groups is 1. The molecule has 2 aromatic carbocycles. The van der Waals surface area contributed by atoms with Crippen LogP contribution in [0.2, 0.25) is 0 Å². The van der Waals surface area contributed by atoms with E-state index in [0.29, 0.717) is 11.4 Å². The van der Waals surface area contributed by atoms with Gasteiger partial charge in [-0.25, -0.2) is 0 Å². The first kappa shape index (κ1) is 19.2. The molecular formula is C21H20N2O5. The smallest absolute Gasteiger partial charge is 0.291 e. The van der Waals surface area contributed by atoms with Crippen molar-refractivity contribution in [2.75, 3.05) is 12.4 Å². The van der Waals surface area contributed by atoms with E-state index >= 15 is 0 Å². The van der Waals surface area contributed by atoms with Gasteiger partial charge in [0.1, 0.15) is 11.5 Å². The van der Waals surface area contributed by atoms with Crippen molar-refractivity contribution in [1.29, 1.82) is 0 Å². The number of nitrogens with zero attached hydrogens (tertiary/aromatic N) is 1. The average molecular weight is 380 g/mol. The van der Waals surface area contributed by atoms with E-state index in [4.69, 9.17) is 9.15 Å². The molecule has 144 valence electrons. The minimum atomic E-state index is -0.515. The van der Waals surface area contributed by atoms with Gasteiger partial charge in [0.05, 0.1) is 23.7 Å². The Labute approximate surface area is 162 Å². The van der Waals surface area contributed by atoms with Crippen LogP contribution in [0.5, 0.6) is 5.75 Å². The van der Waals surface area contributed by atoms with E-state index in [0.717, 1.165) is 5.56 Å². The number of nitro benzene ring substituents is 1. The van der Waals surface area contributed by atoms with Crippen LogP contribution in [0.3, 0.4) is 0 Å². The summed E-state index contributed by atoms with van der Waals surface area (Å²) in [6, 6.07) is 15.0. The Bertz CT molecular complexity index is 1020. The summed E-state index contributed by atoms with van der Waals surface area (Å²) >= 11 is 0. The van der Waals surface area contributed by atoms with Crippen LogP contribution in [0.4, 0.5) is 11.4 Å². The number of carbonyl (C=O) groups excluding carboxylic acids is 1. The third-order valence-electron chi connectivity index (χ3n) is 4.33. The van der Waals surface area contributed by atoms with Gasteiger partial charge < -0.3 is 14.5 Å². The number of rotatable bonds is 6. The van der Waals surface area contributed by atoms with Gasteiger partial charge in [0, 0.05) is 5.69 Å². The highest BCUT2D eigenvalue weighted by atomic mass is 16.6. The summed E-state index contributed by atoms with van der Waals surface area (Å²) in [6.07, 6.45) is 0. The highest BCUT2D eigenvalue weighted by Crippen LogP contribution is 2.34. The molecule has 1 heterocycles. The molecule has 0 atom stereocenters. The van der Waals surface area contributed by atoms with Crippen molar-refractivity contribution in [3.05, 3.63) is 76.0 Å². The second kappa shape index (κ2) is 7.96. The van der Waals surface area contributed by atoms with E-state index in [1.54, 1.807) is 6.07 Å². The molecule has 3 aromatic rings. The summed E-state index contributed by atoms with van der Waals surface area (Å²) < 4.78 is 10.6. The van der Waals surface area contributed by atoms with Gasteiger partial charge in [-0.2, -0.15) is 0 Å². The highest BCUT2D eigenvalue weighted by molar-refractivity contribution is 6.03. The summed E-state index contributed by atoms with van der Waals surface area (Å²) in [5, 5.41) is 14.2. The Morgan fingerprint density at radius 1 is 1.14 bits per heavy atom. The molecule has 0 fully saturated rings. The molecule has 7 nitrogen and oxygen atoms in total. The largest absolute Gasteiger partial charge is 0.497 e. The summed E-state index contributed by atoms with van der Waals surface area (Å²) in [4.78, 5) is 23.5. The summed E-state index contributed by atoms with van der Waals surface area (Å²) in [6.45, 7) is 4.08. The molecule has 1 N–H and O–H groups in total. The standard InChI is InChI=1S/C21H20N2O5/c1-13(2)15-6-4-5-7-17(15)22-21(24)20-11-10-19(28-20)16-9-8-14(27-3)12-18(16)23(25)26/h4-13H,1-3H3,(H,22,24). The van der Waals surface area contributed by atoms with Crippen LogP contribution in [0.25, 0.3) is 11.3 Å². The van der Waals surface area contributed by atoms with Crippen molar-refractivity contribution in [2.45, 2.75) is 19.8 Å². The second-order valence-electron chi connectivity index (χ2n) is 6.50. The summed E-state index contributed by atoms with van der Waals surface area (Å²) in [5.41, 5.74) is 1.82. The molecule has 0 saturated carbocycles. The van der Waals surface area contributed by atoms with Crippen LogP contribution >= 0.6 is 0 Å². The van der Waals surface area contributed by atoms with Crippen molar-refractivity contribution in [2.24, 2.45) is 0 Å². The van der Waals surface area contributed by atoms with Crippen LogP contribution < -0.4 is 10.1 Å². The minimum Gasteiger partial charge on any atom is -0.497 e. The number of amides is 1. The normalized spacial score (nSPS) is 10.7. The number of ether oxygens (including phenoxy) is 1. The molecule has 0 aliphatic rings. The first-order valence-corrected chi connectivity index (χ1v) is 8.73. The number of benzene rings is 2. The molecule has 0 saturated heterocycles. The first-order valence-electron chi connectivity index (χ1n) is 8.73. The maximum absolute atomic E-state index is 12.6. The lowest BCUT2D eigenvalue weighted by Crippen LogP contribution is -2.12. The molecular weight excluding hydrogens is 360 g/mol. The maximum Gasteiger partial charge on any atom is 0.291 e. The number of nitrogens with one attached hydrogen (secondary N) is 1. The van der Waals surface area contributed by atoms with E-state index in [2.05, 4.69) is 5.32 Å². The third-order valence-corrected chi connectivity index (χ3v) is 4.33. The maximum atomic E-state index is 12.6. The number of hydrogen-bond acceptors (Lipinski definition) is 5. The fourth-order valence-electron chi connectivity index (χ4n) is 2.90. The van der Waals surface area contributed by atoms with Gasteiger partial charge in [-0.15, -0.1) is 0 Å². The van der Waals surface area contributed by atoms with Crippen LogP contribution in [0.15, 0.2) is 59.0 Å². The zero-order valence-corrected chi connectivity index (χ0v) is 15.8. The van der Waals surface area contributed by atoms with Gasteiger partial charge >= 0.3 is 0 Å². The first-order chi connectivity index (χ1) is 13.4. The fraction of sp³-hybridized carbons (Fsp3) is 0.190. The minimum absolute atomic E-state index is 0.0682. The molecule has 1 aromatic heterocycles. The molecule has 1 amide bonds. The predicted molar refractivity (Wildman–Crippen MR) is 106 cm³/mol. The van der Waals surface area contributed by atoms with E-state index in [1.165, 1.54) is 31.4 Å².